The van der Waals surface area contributed by atoms with E-state index in [4.69, 9.17) is 5.73 Å². The molecule has 2 rings (SSSR count). The number of nitrogens with zero attached hydrogens (tertiary/aromatic N) is 3. The van der Waals surface area contributed by atoms with Gasteiger partial charge in [0.1, 0.15) is 12.7 Å². The van der Waals surface area contributed by atoms with Crippen molar-refractivity contribution in [2.24, 2.45) is 5.73 Å². The summed E-state index contributed by atoms with van der Waals surface area (Å²) >= 11 is 0. The first-order chi connectivity index (χ1) is 7.15. The standard InChI is InChI=1S/C9H13FN4O/c1-6-8(11)9(15)14(6)7-4-12-13(5-7)3-2-10/h4-6,8H,2-3,11H2,1H3/t6-,8-/m0/s1. The van der Waals surface area contributed by atoms with Crippen LogP contribution in [0, 0.1) is 0 Å². The summed E-state index contributed by atoms with van der Waals surface area (Å²) in [6, 6.07) is -0.435. The first kappa shape index (κ1) is 10.1. The maximum Gasteiger partial charge on any atom is 0.246 e. The lowest BCUT2D eigenvalue weighted by Crippen LogP contribution is -2.67. The zero-order valence-electron chi connectivity index (χ0n) is 8.43. The number of halogens is 1. The highest BCUT2D eigenvalue weighted by Crippen LogP contribution is 2.26. The van der Waals surface area contributed by atoms with Crippen molar-refractivity contribution >= 4 is 11.6 Å². The highest BCUT2D eigenvalue weighted by atomic mass is 19.1. The molecule has 1 aromatic heterocycles. The van der Waals surface area contributed by atoms with Crippen molar-refractivity contribution in [1.82, 2.24) is 9.78 Å². The number of hydrogen-bond donors (Lipinski definition) is 1. The third kappa shape index (κ3) is 1.50. The van der Waals surface area contributed by atoms with E-state index in [1.165, 1.54) is 4.68 Å². The summed E-state index contributed by atoms with van der Waals surface area (Å²) in [5.74, 6) is -0.109. The number of aromatic nitrogens is 2. The maximum atomic E-state index is 12.0. The molecule has 0 radical (unpaired) electrons. The Morgan fingerprint density at radius 3 is 3.00 bits per heavy atom. The molecule has 15 heavy (non-hydrogen) atoms. The van der Waals surface area contributed by atoms with Crippen LogP contribution in [0.4, 0.5) is 10.1 Å². The van der Waals surface area contributed by atoms with Crippen LogP contribution in [0.3, 0.4) is 0 Å². The Morgan fingerprint density at radius 2 is 2.40 bits per heavy atom. The van der Waals surface area contributed by atoms with Gasteiger partial charge in [0.05, 0.1) is 24.5 Å². The Bertz CT molecular complexity index is 378. The van der Waals surface area contributed by atoms with Gasteiger partial charge >= 0.3 is 0 Å². The smallest absolute Gasteiger partial charge is 0.246 e. The fraction of sp³-hybridized carbons (Fsp3) is 0.556. The molecule has 1 fully saturated rings. The zero-order valence-corrected chi connectivity index (χ0v) is 8.43. The molecule has 6 heteroatoms. The number of carbonyl (C=O) groups is 1. The largest absolute Gasteiger partial charge is 0.318 e. The molecule has 1 aliphatic rings. The number of nitrogens with two attached hydrogens (primary N) is 1. The summed E-state index contributed by atoms with van der Waals surface area (Å²) in [5.41, 5.74) is 6.26. The van der Waals surface area contributed by atoms with Crippen molar-refractivity contribution in [2.75, 3.05) is 11.6 Å². The third-order valence-corrected chi connectivity index (χ3v) is 2.66. The zero-order chi connectivity index (χ0) is 11.0. The van der Waals surface area contributed by atoms with E-state index in [0.717, 1.165) is 0 Å². The quantitative estimate of drug-likeness (QED) is 0.712. The Balaban J connectivity index is 2.13. The van der Waals surface area contributed by atoms with Gasteiger partial charge in [-0.05, 0) is 6.92 Å². The van der Waals surface area contributed by atoms with E-state index in [1.54, 1.807) is 17.3 Å². The van der Waals surface area contributed by atoms with Crippen LogP contribution in [0.15, 0.2) is 12.4 Å². The van der Waals surface area contributed by atoms with Gasteiger partial charge in [-0.1, -0.05) is 0 Å². The molecule has 2 N–H and O–H groups in total. The summed E-state index contributed by atoms with van der Waals surface area (Å²) in [5, 5.41) is 3.94. The summed E-state index contributed by atoms with van der Waals surface area (Å²) in [4.78, 5) is 13.0. The number of amides is 1. The molecule has 0 bridgehead atoms. The maximum absolute atomic E-state index is 12.0. The fourth-order valence-electron chi connectivity index (χ4n) is 1.69. The molecule has 1 aliphatic heterocycles. The molecule has 0 unspecified atom stereocenters. The van der Waals surface area contributed by atoms with Crippen LogP contribution in [-0.2, 0) is 11.3 Å². The molecule has 1 aromatic rings. The second kappa shape index (κ2) is 3.62. The average molecular weight is 212 g/mol. The molecular weight excluding hydrogens is 199 g/mol. The molecule has 0 aromatic carbocycles. The molecule has 0 saturated carbocycles. The monoisotopic (exact) mass is 212 g/mol. The number of carbonyl (C=O) groups excluding carboxylic acids is 1. The van der Waals surface area contributed by atoms with Gasteiger partial charge in [0, 0.05) is 6.20 Å². The van der Waals surface area contributed by atoms with Gasteiger partial charge in [0.2, 0.25) is 5.91 Å². The van der Waals surface area contributed by atoms with Gasteiger partial charge in [0.25, 0.3) is 0 Å². The Kier molecular flexibility index (Phi) is 2.44. The Labute approximate surface area is 86.6 Å². The Hall–Kier alpha value is -1.43. The van der Waals surface area contributed by atoms with Crippen LogP contribution in [0.25, 0.3) is 0 Å². The van der Waals surface area contributed by atoms with Crippen molar-refractivity contribution in [2.45, 2.75) is 25.6 Å². The van der Waals surface area contributed by atoms with Crippen LogP contribution in [0.5, 0.6) is 0 Å². The number of alkyl halides is 1. The molecule has 1 saturated heterocycles. The first-order valence-electron chi connectivity index (χ1n) is 4.82. The van der Waals surface area contributed by atoms with E-state index < -0.39 is 12.7 Å². The lowest BCUT2D eigenvalue weighted by atomic mass is 9.97. The molecular formula is C9H13FN4O. The van der Waals surface area contributed by atoms with Crippen LogP contribution in [-0.4, -0.2) is 34.4 Å². The minimum absolute atomic E-state index is 0.0134. The third-order valence-electron chi connectivity index (χ3n) is 2.66. The molecule has 2 atom stereocenters. The second-order valence-electron chi connectivity index (χ2n) is 3.63. The predicted molar refractivity (Wildman–Crippen MR) is 53.1 cm³/mol. The summed E-state index contributed by atoms with van der Waals surface area (Å²) in [6.07, 6.45) is 3.20. The lowest BCUT2D eigenvalue weighted by molar-refractivity contribution is -0.125. The van der Waals surface area contributed by atoms with E-state index in [1.807, 2.05) is 6.92 Å². The molecule has 1 amide bonds. The molecule has 0 spiro atoms. The minimum Gasteiger partial charge on any atom is -0.318 e. The number of rotatable bonds is 3. The van der Waals surface area contributed by atoms with E-state index in [-0.39, 0.29) is 18.5 Å². The summed E-state index contributed by atoms with van der Waals surface area (Å²) in [6.45, 7) is 1.62. The van der Waals surface area contributed by atoms with E-state index >= 15 is 0 Å². The van der Waals surface area contributed by atoms with E-state index in [0.29, 0.717) is 5.69 Å². The van der Waals surface area contributed by atoms with Gasteiger partial charge in [-0.3, -0.25) is 9.48 Å². The number of hydrogen-bond acceptors (Lipinski definition) is 3. The van der Waals surface area contributed by atoms with Crippen molar-refractivity contribution in [1.29, 1.82) is 0 Å². The summed E-state index contributed by atoms with van der Waals surface area (Å²) < 4.78 is 13.5. The number of anilines is 1. The van der Waals surface area contributed by atoms with Crippen molar-refractivity contribution in [3.8, 4) is 0 Å². The number of β-lactam (4-membered cyclic amide) rings is 1. The molecule has 5 nitrogen and oxygen atoms in total. The predicted octanol–water partition coefficient (Wildman–Crippen LogP) is -0.0850. The van der Waals surface area contributed by atoms with Crippen LogP contribution in [0.1, 0.15) is 6.92 Å². The van der Waals surface area contributed by atoms with Crippen LogP contribution >= 0.6 is 0 Å². The fourth-order valence-corrected chi connectivity index (χ4v) is 1.69. The minimum atomic E-state index is -0.468. The topological polar surface area (TPSA) is 64.2 Å². The van der Waals surface area contributed by atoms with Crippen molar-refractivity contribution < 1.29 is 9.18 Å². The van der Waals surface area contributed by atoms with Gasteiger partial charge < -0.3 is 10.6 Å². The SMILES string of the molecule is C[C@H]1[C@H](N)C(=O)N1c1cnn(CCF)c1. The number of aryl methyl sites for hydroxylation is 1. The molecule has 2 heterocycles. The van der Waals surface area contributed by atoms with Gasteiger partial charge in [-0.15, -0.1) is 0 Å². The second-order valence-corrected chi connectivity index (χ2v) is 3.63. The van der Waals surface area contributed by atoms with Crippen LogP contribution < -0.4 is 10.6 Å². The molecule has 82 valence electrons. The van der Waals surface area contributed by atoms with E-state index in [2.05, 4.69) is 5.10 Å². The van der Waals surface area contributed by atoms with Gasteiger partial charge in [0.15, 0.2) is 0 Å². The van der Waals surface area contributed by atoms with Crippen molar-refractivity contribution in [3.63, 3.8) is 0 Å². The van der Waals surface area contributed by atoms with Gasteiger partial charge in [-0.25, -0.2) is 4.39 Å². The normalized spacial score (nSPS) is 25.5. The summed E-state index contributed by atoms with van der Waals surface area (Å²) in [7, 11) is 0. The average Bonchev–Trinajstić information content (AvgIpc) is 2.66. The first-order valence-corrected chi connectivity index (χ1v) is 4.82. The highest BCUT2D eigenvalue weighted by molar-refractivity contribution is 6.04. The van der Waals surface area contributed by atoms with E-state index in [9.17, 15) is 9.18 Å². The lowest BCUT2D eigenvalue weighted by Gasteiger charge is -2.42. The van der Waals surface area contributed by atoms with Crippen molar-refractivity contribution in [3.05, 3.63) is 12.4 Å². The highest BCUT2D eigenvalue weighted by Gasteiger charge is 2.43. The van der Waals surface area contributed by atoms with Gasteiger partial charge in [-0.2, -0.15) is 5.10 Å². The Morgan fingerprint density at radius 1 is 1.67 bits per heavy atom. The van der Waals surface area contributed by atoms with Crippen LogP contribution in [0.2, 0.25) is 0 Å². The molecule has 0 aliphatic carbocycles.